The third-order valence-electron chi connectivity index (χ3n) is 7.47. The highest BCUT2D eigenvalue weighted by Crippen LogP contribution is 2.29. The first kappa shape index (κ1) is 21.8. The van der Waals surface area contributed by atoms with Crippen molar-refractivity contribution in [2.24, 2.45) is 5.92 Å². The third kappa shape index (κ3) is 5.43. The van der Waals surface area contributed by atoms with Gasteiger partial charge in [0.2, 0.25) is 5.91 Å². The highest BCUT2D eigenvalue weighted by molar-refractivity contribution is 5.78. The van der Waals surface area contributed by atoms with Crippen LogP contribution in [0, 0.1) is 5.92 Å². The molecule has 1 aromatic rings. The predicted octanol–water partition coefficient (Wildman–Crippen LogP) is 2.40. The zero-order valence-electron chi connectivity index (χ0n) is 19.0. The van der Waals surface area contributed by atoms with Crippen LogP contribution in [0.25, 0.3) is 0 Å². The molecule has 1 amide bonds. The van der Waals surface area contributed by atoms with Crippen molar-refractivity contribution < 1.29 is 4.79 Å². The molecule has 0 aromatic heterocycles. The van der Waals surface area contributed by atoms with E-state index in [4.69, 9.17) is 0 Å². The van der Waals surface area contributed by atoms with Crippen molar-refractivity contribution in [3.8, 4) is 0 Å². The molecule has 2 fully saturated rings. The van der Waals surface area contributed by atoms with Crippen LogP contribution in [0.5, 0.6) is 0 Å². The summed E-state index contributed by atoms with van der Waals surface area (Å²) in [6.07, 6.45) is 8.19. The van der Waals surface area contributed by atoms with E-state index in [1.165, 1.54) is 45.3 Å². The van der Waals surface area contributed by atoms with Gasteiger partial charge in [0.05, 0.1) is 5.92 Å². The minimum absolute atomic E-state index is 0.181. The van der Waals surface area contributed by atoms with Crippen molar-refractivity contribution in [2.45, 2.75) is 57.0 Å². The zero-order valence-corrected chi connectivity index (χ0v) is 19.0. The third-order valence-corrected chi connectivity index (χ3v) is 7.47. The number of piperidine rings is 2. The summed E-state index contributed by atoms with van der Waals surface area (Å²) in [4.78, 5) is 20.2. The number of amides is 1. The van der Waals surface area contributed by atoms with Gasteiger partial charge in [-0.3, -0.25) is 14.6 Å². The number of benzene rings is 1. The Morgan fingerprint density at radius 2 is 1.70 bits per heavy atom. The van der Waals surface area contributed by atoms with Crippen molar-refractivity contribution in [3.05, 3.63) is 35.4 Å². The molecule has 0 spiro atoms. The summed E-state index contributed by atoms with van der Waals surface area (Å²) in [6, 6.07) is 10.3. The Bertz CT molecular complexity index is 673. The monoisotopic (exact) mass is 412 g/mol. The lowest BCUT2D eigenvalue weighted by molar-refractivity contribution is -0.127. The number of hydrogen-bond acceptors (Lipinski definition) is 4. The number of fused-ring (bicyclic) bond motifs is 1. The standard InChI is InChI=1S/C25H40N4O/c1-27(2)13-6-12-26-25(30)22-9-5-14-29(19-22)23-10-15-28(16-11-23)24-17-20-7-3-4-8-21(20)18-24/h3-4,7-8,22-24H,5-6,9-19H2,1-2H3,(H,26,30)/t22-/m0/s1. The number of rotatable bonds is 7. The molecule has 3 aliphatic rings. The van der Waals surface area contributed by atoms with Gasteiger partial charge in [0, 0.05) is 25.2 Å². The molecule has 0 radical (unpaired) electrons. The summed E-state index contributed by atoms with van der Waals surface area (Å²) in [5, 5.41) is 3.18. The smallest absolute Gasteiger partial charge is 0.224 e. The van der Waals surface area contributed by atoms with E-state index in [-0.39, 0.29) is 11.8 Å². The van der Waals surface area contributed by atoms with Crippen LogP contribution in [0.4, 0.5) is 0 Å². The van der Waals surface area contributed by atoms with E-state index in [1.807, 2.05) is 0 Å². The predicted molar refractivity (Wildman–Crippen MR) is 123 cm³/mol. The van der Waals surface area contributed by atoms with E-state index in [2.05, 4.69) is 58.4 Å². The largest absolute Gasteiger partial charge is 0.356 e. The van der Waals surface area contributed by atoms with Crippen molar-refractivity contribution in [1.29, 1.82) is 0 Å². The van der Waals surface area contributed by atoms with Crippen LogP contribution in [-0.2, 0) is 17.6 Å². The lowest BCUT2D eigenvalue weighted by atomic mass is 9.92. The maximum atomic E-state index is 12.6. The molecule has 166 valence electrons. The van der Waals surface area contributed by atoms with Crippen molar-refractivity contribution in [2.75, 3.05) is 53.4 Å². The summed E-state index contributed by atoms with van der Waals surface area (Å²) >= 11 is 0. The number of carbonyl (C=O) groups excluding carboxylic acids is 1. The van der Waals surface area contributed by atoms with Gasteiger partial charge in [0.25, 0.3) is 0 Å². The van der Waals surface area contributed by atoms with E-state index in [0.29, 0.717) is 12.1 Å². The number of likely N-dealkylation sites (tertiary alicyclic amines) is 2. The first-order valence-electron chi connectivity index (χ1n) is 12.1. The first-order valence-corrected chi connectivity index (χ1v) is 12.1. The first-order chi connectivity index (χ1) is 14.6. The van der Waals surface area contributed by atoms with Gasteiger partial charge in [0.15, 0.2) is 0 Å². The number of nitrogens with zero attached hydrogens (tertiary/aromatic N) is 3. The van der Waals surface area contributed by atoms with Crippen LogP contribution in [-0.4, -0.2) is 86.1 Å². The molecule has 2 heterocycles. The maximum absolute atomic E-state index is 12.6. The van der Waals surface area contributed by atoms with Crippen molar-refractivity contribution >= 4 is 5.91 Å². The van der Waals surface area contributed by atoms with Gasteiger partial charge >= 0.3 is 0 Å². The van der Waals surface area contributed by atoms with E-state index in [1.54, 1.807) is 11.1 Å². The average molecular weight is 413 g/mol. The molecule has 30 heavy (non-hydrogen) atoms. The maximum Gasteiger partial charge on any atom is 0.224 e. The number of hydrogen-bond donors (Lipinski definition) is 1. The Labute approximate surface area is 182 Å². The van der Waals surface area contributed by atoms with Gasteiger partial charge in [-0.1, -0.05) is 24.3 Å². The highest BCUT2D eigenvalue weighted by atomic mass is 16.1. The van der Waals surface area contributed by atoms with Gasteiger partial charge < -0.3 is 10.2 Å². The van der Waals surface area contributed by atoms with E-state index >= 15 is 0 Å². The molecular weight excluding hydrogens is 372 g/mol. The minimum Gasteiger partial charge on any atom is -0.356 e. The van der Waals surface area contributed by atoms with Crippen LogP contribution in [0.1, 0.15) is 43.2 Å². The van der Waals surface area contributed by atoms with Crippen LogP contribution in [0.15, 0.2) is 24.3 Å². The molecule has 4 rings (SSSR count). The molecule has 1 aromatic carbocycles. The van der Waals surface area contributed by atoms with E-state index < -0.39 is 0 Å². The zero-order chi connectivity index (χ0) is 20.9. The summed E-state index contributed by atoms with van der Waals surface area (Å²) in [5.41, 5.74) is 3.11. The lowest BCUT2D eigenvalue weighted by Gasteiger charge is -2.43. The fourth-order valence-electron chi connectivity index (χ4n) is 5.71. The molecule has 5 heteroatoms. The van der Waals surface area contributed by atoms with Gasteiger partial charge in [-0.05, 0) is 96.3 Å². The molecular formula is C25H40N4O. The normalized spacial score (nSPS) is 24.3. The summed E-state index contributed by atoms with van der Waals surface area (Å²) < 4.78 is 0. The Morgan fingerprint density at radius 1 is 1.00 bits per heavy atom. The molecule has 1 N–H and O–H groups in total. The molecule has 2 aliphatic heterocycles. The number of carbonyl (C=O) groups is 1. The fourth-order valence-corrected chi connectivity index (χ4v) is 5.71. The van der Waals surface area contributed by atoms with E-state index in [9.17, 15) is 4.79 Å². The van der Waals surface area contributed by atoms with Crippen LogP contribution < -0.4 is 5.32 Å². The van der Waals surface area contributed by atoms with Crippen molar-refractivity contribution in [3.63, 3.8) is 0 Å². The second kappa shape index (κ2) is 10.3. The highest BCUT2D eigenvalue weighted by Gasteiger charge is 2.34. The second-order valence-electron chi connectivity index (χ2n) is 9.88. The van der Waals surface area contributed by atoms with Crippen LogP contribution >= 0.6 is 0 Å². The quantitative estimate of drug-likeness (QED) is 0.698. The van der Waals surface area contributed by atoms with Gasteiger partial charge in [-0.2, -0.15) is 0 Å². The molecule has 1 aliphatic carbocycles. The molecule has 1 atom stereocenters. The van der Waals surface area contributed by atoms with Crippen LogP contribution in [0.2, 0.25) is 0 Å². The Kier molecular flexibility index (Phi) is 7.45. The van der Waals surface area contributed by atoms with Gasteiger partial charge in [0.1, 0.15) is 0 Å². The Morgan fingerprint density at radius 3 is 2.37 bits per heavy atom. The van der Waals surface area contributed by atoms with Gasteiger partial charge in [-0.15, -0.1) is 0 Å². The molecule has 0 saturated carbocycles. The summed E-state index contributed by atoms with van der Waals surface area (Å²) in [5.74, 6) is 0.458. The minimum atomic E-state index is 0.181. The topological polar surface area (TPSA) is 38.8 Å². The SMILES string of the molecule is CN(C)CCCNC(=O)[C@H]1CCCN(C2CCN(C3Cc4ccccc4C3)CC2)C1. The van der Waals surface area contributed by atoms with Crippen LogP contribution in [0.3, 0.4) is 0 Å². The van der Waals surface area contributed by atoms with E-state index in [0.717, 1.165) is 38.9 Å². The second-order valence-corrected chi connectivity index (χ2v) is 9.88. The average Bonchev–Trinajstić information content (AvgIpc) is 3.21. The molecule has 5 nitrogen and oxygen atoms in total. The molecule has 0 bridgehead atoms. The Balaban J connectivity index is 1.20. The van der Waals surface area contributed by atoms with Crippen molar-refractivity contribution in [1.82, 2.24) is 20.0 Å². The number of nitrogens with one attached hydrogen (secondary N) is 1. The molecule has 0 unspecified atom stereocenters. The lowest BCUT2D eigenvalue weighted by Crippen LogP contribution is -2.52. The van der Waals surface area contributed by atoms with Gasteiger partial charge in [-0.25, -0.2) is 0 Å². The molecule has 2 saturated heterocycles. The Hall–Kier alpha value is -1.43. The summed E-state index contributed by atoms with van der Waals surface area (Å²) in [6.45, 7) is 6.38. The fraction of sp³-hybridized carbons (Fsp3) is 0.720. The summed E-state index contributed by atoms with van der Waals surface area (Å²) in [7, 11) is 4.16.